The molecule has 0 saturated heterocycles. The van der Waals surface area contributed by atoms with E-state index in [0.29, 0.717) is 35.1 Å². The van der Waals surface area contributed by atoms with Gasteiger partial charge in [0.1, 0.15) is 0 Å². The van der Waals surface area contributed by atoms with Crippen molar-refractivity contribution < 1.29 is 19.2 Å². The molecular formula is C22H18N4O5. The monoisotopic (exact) mass is 418 g/mol. The summed E-state index contributed by atoms with van der Waals surface area (Å²) in [6, 6.07) is 9.16. The molecule has 5 rings (SSSR count). The molecule has 31 heavy (non-hydrogen) atoms. The number of hydrogen-bond donors (Lipinski definition) is 0. The third-order valence-electron chi connectivity index (χ3n) is 6.05. The molecule has 9 heteroatoms. The molecule has 2 aromatic carbocycles. The van der Waals surface area contributed by atoms with Gasteiger partial charge in [0.2, 0.25) is 0 Å². The van der Waals surface area contributed by atoms with Crippen molar-refractivity contribution in [1.29, 1.82) is 0 Å². The van der Waals surface area contributed by atoms with Crippen LogP contribution in [-0.4, -0.2) is 38.5 Å². The number of nitrogens with zero attached hydrogens (tertiary/aromatic N) is 4. The molecule has 2 amide bonds. The quantitative estimate of drug-likeness (QED) is 0.367. The summed E-state index contributed by atoms with van der Waals surface area (Å²) in [5.41, 5.74) is 3.40. The lowest BCUT2D eigenvalue weighted by atomic mass is 9.95. The van der Waals surface area contributed by atoms with Crippen LogP contribution in [0, 0.1) is 10.1 Å². The number of nitro groups is 1. The van der Waals surface area contributed by atoms with Crippen LogP contribution < -0.4 is 4.74 Å². The van der Waals surface area contributed by atoms with Crippen molar-refractivity contribution in [3.63, 3.8) is 0 Å². The first-order valence-corrected chi connectivity index (χ1v) is 9.77. The van der Waals surface area contributed by atoms with Crippen LogP contribution in [-0.2, 0) is 13.5 Å². The van der Waals surface area contributed by atoms with Gasteiger partial charge in [-0.3, -0.25) is 29.3 Å². The fourth-order valence-corrected chi connectivity index (χ4v) is 4.57. The zero-order chi connectivity index (χ0) is 21.9. The number of aryl methyl sites for hydroxylation is 1. The average molecular weight is 418 g/mol. The molecule has 3 aromatic rings. The summed E-state index contributed by atoms with van der Waals surface area (Å²) in [5, 5.41) is 16.0. The number of hydrogen-bond acceptors (Lipinski definition) is 6. The normalized spacial score (nSPS) is 17.1. The minimum Gasteiger partial charge on any atom is -0.490 e. The van der Waals surface area contributed by atoms with E-state index < -0.39 is 11.0 Å². The second-order valence-corrected chi connectivity index (χ2v) is 7.58. The maximum absolute atomic E-state index is 13.2. The first-order valence-electron chi connectivity index (χ1n) is 9.77. The Morgan fingerprint density at radius 2 is 1.77 bits per heavy atom. The number of fused-ring (bicyclic) bond motifs is 4. The van der Waals surface area contributed by atoms with Crippen LogP contribution in [0.4, 0.5) is 5.69 Å². The number of imide groups is 1. The highest BCUT2D eigenvalue weighted by molar-refractivity contribution is 6.21. The number of nitro benzene ring substituents is 1. The van der Waals surface area contributed by atoms with Gasteiger partial charge in [-0.15, -0.1) is 0 Å². The lowest BCUT2D eigenvalue weighted by molar-refractivity contribution is -0.385. The van der Waals surface area contributed by atoms with Crippen LogP contribution in [0.1, 0.15) is 44.4 Å². The van der Waals surface area contributed by atoms with Gasteiger partial charge in [-0.2, -0.15) is 5.10 Å². The number of benzene rings is 2. The second kappa shape index (κ2) is 6.76. The zero-order valence-corrected chi connectivity index (χ0v) is 16.9. The Bertz CT molecular complexity index is 1240. The number of amides is 2. The van der Waals surface area contributed by atoms with Gasteiger partial charge in [0.25, 0.3) is 11.8 Å². The molecule has 0 saturated carbocycles. The number of carbonyl (C=O) groups excluding carboxylic acids is 2. The zero-order valence-electron chi connectivity index (χ0n) is 16.9. The van der Waals surface area contributed by atoms with E-state index in [4.69, 9.17) is 4.74 Å². The predicted octanol–water partition coefficient (Wildman–Crippen LogP) is 3.29. The smallest absolute Gasteiger partial charge is 0.311 e. The van der Waals surface area contributed by atoms with E-state index >= 15 is 0 Å². The lowest BCUT2D eigenvalue weighted by Crippen LogP contribution is -2.34. The molecule has 1 aliphatic carbocycles. The van der Waals surface area contributed by atoms with Crippen molar-refractivity contribution in [2.24, 2.45) is 7.05 Å². The number of rotatable bonds is 3. The Balaban J connectivity index is 1.73. The van der Waals surface area contributed by atoms with Crippen molar-refractivity contribution in [2.75, 3.05) is 7.11 Å². The molecule has 0 fully saturated rings. The summed E-state index contributed by atoms with van der Waals surface area (Å²) >= 11 is 0. The summed E-state index contributed by atoms with van der Waals surface area (Å²) in [4.78, 5) is 38.8. The Labute approximate surface area is 177 Å². The maximum Gasteiger partial charge on any atom is 0.311 e. The minimum absolute atomic E-state index is 0.0812. The van der Waals surface area contributed by atoms with Gasteiger partial charge in [0.05, 0.1) is 35.4 Å². The highest BCUT2D eigenvalue weighted by atomic mass is 16.6. The molecule has 1 aromatic heterocycles. The molecule has 9 nitrogen and oxygen atoms in total. The highest BCUT2D eigenvalue weighted by Gasteiger charge is 2.42. The largest absolute Gasteiger partial charge is 0.490 e. The van der Waals surface area contributed by atoms with Gasteiger partial charge in [-0.05, 0) is 42.2 Å². The molecule has 0 N–H and O–H groups in total. The standard InChI is InChI=1S/C22H18N4O5/c1-24-17-7-8-18(25-21(27)12-5-3-4-6-13(12)22(25)28)15-10-20(31-2)19(26(29)30)9-14(15)16(17)11-23-24/h3-6,9-11,18H,7-8H2,1-2H3. The SMILES string of the molecule is COc1cc2c(cc1[N+](=O)[O-])-c1cnn(C)c1CCC2N1C(=O)c2ccccc2C1=O. The third-order valence-corrected chi connectivity index (χ3v) is 6.05. The van der Waals surface area contributed by atoms with Crippen molar-refractivity contribution in [3.05, 3.63) is 75.1 Å². The van der Waals surface area contributed by atoms with E-state index in [-0.39, 0.29) is 23.3 Å². The molecule has 0 bridgehead atoms. The van der Waals surface area contributed by atoms with Crippen molar-refractivity contribution in [2.45, 2.75) is 18.9 Å². The number of carbonyl (C=O) groups is 2. The van der Waals surface area contributed by atoms with Gasteiger partial charge < -0.3 is 4.74 Å². The molecule has 2 heterocycles. The number of ether oxygens (including phenoxy) is 1. The van der Waals surface area contributed by atoms with Gasteiger partial charge in [-0.25, -0.2) is 0 Å². The Morgan fingerprint density at radius 1 is 1.10 bits per heavy atom. The average Bonchev–Trinajstić information content (AvgIpc) is 3.19. The summed E-state index contributed by atoms with van der Waals surface area (Å²) < 4.78 is 7.00. The van der Waals surface area contributed by atoms with Gasteiger partial charge in [0, 0.05) is 24.4 Å². The molecule has 0 spiro atoms. The summed E-state index contributed by atoms with van der Waals surface area (Å²) in [7, 11) is 3.16. The molecule has 156 valence electrons. The van der Waals surface area contributed by atoms with E-state index in [1.807, 2.05) is 0 Å². The van der Waals surface area contributed by atoms with Crippen molar-refractivity contribution in [3.8, 4) is 16.9 Å². The first kappa shape index (κ1) is 19.0. The van der Waals surface area contributed by atoms with Crippen LogP contribution in [0.2, 0.25) is 0 Å². The van der Waals surface area contributed by atoms with Crippen LogP contribution in [0.25, 0.3) is 11.1 Å². The lowest BCUT2D eigenvalue weighted by Gasteiger charge is -2.27. The maximum atomic E-state index is 13.2. The molecule has 2 aliphatic rings. The molecule has 1 aliphatic heterocycles. The second-order valence-electron chi connectivity index (χ2n) is 7.58. The van der Waals surface area contributed by atoms with E-state index in [0.717, 1.165) is 11.3 Å². The van der Waals surface area contributed by atoms with Crippen molar-refractivity contribution in [1.82, 2.24) is 14.7 Å². The van der Waals surface area contributed by atoms with E-state index in [1.165, 1.54) is 18.1 Å². The van der Waals surface area contributed by atoms with Gasteiger partial charge >= 0.3 is 5.69 Å². The Hall–Kier alpha value is -4.01. The summed E-state index contributed by atoms with van der Waals surface area (Å²) in [5.74, 6) is -0.645. The number of aromatic nitrogens is 2. The van der Waals surface area contributed by atoms with Gasteiger partial charge in [0.15, 0.2) is 5.75 Å². The van der Waals surface area contributed by atoms with Crippen molar-refractivity contribution >= 4 is 17.5 Å². The Morgan fingerprint density at radius 3 is 2.39 bits per heavy atom. The third kappa shape index (κ3) is 2.66. The fraction of sp³-hybridized carbons (Fsp3) is 0.227. The first-order chi connectivity index (χ1) is 14.9. The summed E-state index contributed by atoms with van der Waals surface area (Å²) in [6.07, 6.45) is 2.68. The topological polar surface area (TPSA) is 108 Å². The van der Waals surface area contributed by atoms with Crippen LogP contribution in [0.15, 0.2) is 42.6 Å². The van der Waals surface area contributed by atoms with Gasteiger partial charge in [-0.1, -0.05) is 12.1 Å². The van der Waals surface area contributed by atoms with Crippen LogP contribution in [0.3, 0.4) is 0 Å². The van der Waals surface area contributed by atoms with E-state index in [9.17, 15) is 19.7 Å². The number of methoxy groups -OCH3 is 1. The van der Waals surface area contributed by atoms with Crippen LogP contribution >= 0.6 is 0 Å². The molecule has 1 unspecified atom stereocenters. The van der Waals surface area contributed by atoms with Crippen LogP contribution in [0.5, 0.6) is 5.75 Å². The Kier molecular flexibility index (Phi) is 4.14. The molecule has 0 radical (unpaired) electrons. The fourth-order valence-electron chi connectivity index (χ4n) is 4.57. The predicted molar refractivity (Wildman–Crippen MR) is 110 cm³/mol. The van der Waals surface area contributed by atoms with E-state index in [2.05, 4.69) is 5.10 Å². The molecular weight excluding hydrogens is 400 g/mol. The summed E-state index contributed by atoms with van der Waals surface area (Å²) in [6.45, 7) is 0. The highest BCUT2D eigenvalue weighted by Crippen LogP contribution is 2.46. The van der Waals surface area contributed by atoms with E-state index in [1.54, 1.807) is 48.3 Å². The molecule has 1 atom stereocenters. The minimum atomic E-state index is -0.593.